The third-order valence-corrected chi connectivity index (χ3v) is 4.08. The van der Waals surface area contributed by atoms with Gasteiger partial charge in [0.15, 0.2) is 0 Å². The summed E-state index contributed by atoms with van der Waals surface area (Å²) in [6.45, 7) is 1.42. The standard InChI is InChI=1S/C12H14N2O6S/c1-8-10(11(15)14(8)21(17,18)19)13-12(16)20-7-9-5-3-2-4-6-9/h2-6,8,10H,7H2,1H3,(H,13,16)(H,17,18,19)/t8-,10+/m1/s1. The second kappa shape index (κ2) is 5.70. The molecule has 114 valence electrons. The summed E-state index contributed by atoms with van der Waals surface area (Å²) < 4.78 is 35.8. The van der Waals surface area contributed by atoms with Gasteiger partial charge in [-0.05, 0) is 12.5 Å². The largest absolute Gasteiger partial charge is 0.445 e. The molecule has 0 saturated carbocycles. The van der Waals surface area contributed by atoms with Crippen molar-refractivity contribution in [2.24, 2.45) is 0 Å². The summed E-state index contributed by atoms with van der Waals surface area (Å²) >= 11 is 0. The maximum absolute atomic E-state index is 11.6. The van der Waals surface area contributed by atoms with Crippen molar-refractivity contribution in [3.8, 4) is 0 Å². The van der Waals surface area contributed by atoms with E-state index >= 15 is 0 Å². The molecule has 2 amide bonds. The summed E-state index contributed by atoms with van der Waals surface area (Å²) in [6, 6.07) is 7.04. The summed E-state index contributed by atoms with van der Waals surface area (Å²) in [4.78, 5) is 23.1. The number of alkyl carbamates (subject to hydrolysis) is 1. The summed E-state index contributed by atoms with van der Waals surface area (Å²) in [5, 5.41) is 2.26. The van der Waals surface area contributed by atoms with Crippen LogP contribution in [0, 0.1) is 0 Å². The average molecular weight is 314 g/mol. The Balaban J connectivity index is 1.86. The van der Waals surface area contributed by atoms with Gasteiger partial charge in [0, 0.05) is 0 Å². The van der Waals surface area contributed by atoms with Gasteiger partial charge in [0.05, 0.1) is 6.04 Å². The lowest BCUT2D eigenvalue weighted by Gasteiger charge is -2.41. The van der Waals surface area contributed by atoms with Crippen molar-refractivity contribution in [2.45, 2.75) is 25.6 Å². The first-order chi connectivity index (χ1) is 9.80. The van der Waals surface area contributed by atoms with Crippen molar-refractivity contribution in [3.63, 3.8) is 0 Å². The molecule has 0 aromatic heterocycles. The van der Waals surface area contributed by atoms with Gasteiger partial charge < -0.3 is 10.1 Å². The zero-order valence-electron chi connectivity index (χ0n) is 11.1. The fourth-order valence-corrected chi connectivity index (χ4v) is 2.88. The minimum absolute atomic E-state index is 0.0317. The molecule has 2 atom stereocenters. The predicted molar refractivity (Wildman–Crippen MR) is 71.4 cm³/mol. The summed E-state index contributed by atoms with van der Waals surface area (Å²) in [6.07, 6.45) is -0.834. The van der Waals surface area contributed by atoms with Crippen molar-refractivity contribution < 1.29 is 27.3 Å². The summed E-state index contributed by atoms with van der Waals surface area (Å²) in [5.74, 6) is -0.901. The van der Waals surface area contributed by atoms with Gasteiger partial charge in [-0.1, -0.05) is 30.3 Å². The van der Waals surface area contributed by atoms with Crippen LogP contribution >= 0.6 is 0 Å². The van der Waals surface area contributed by atoms with Crippen LogP contribution in [-0.4, -0.2) is 41.4 Å². The van der Waals surface area contributed by atoms with Gasteiger partial charge in [0.1, 0.15) is 12.6 Å². The van der Waals surface area contributed by atoms with E-state index in [1.165, 1.54) is 6.92 Å². The van der Waals surface area contributed by atoms with E-state index in [4.69, 9.17) is 9.29 Å². The highest BCUT2D eigenvalue weighted by molar-refractivity contribution is 7.84. The highest BCUT2D eigenvalue weighted by Gasteiger charge is 2.51. The van der Waals surface area contributed by atoms with E-state index in [1.807, 2.05) is 6.07 Å². The molecule has 2 rings (SSSR count). The fraction of sp³-hybridized carbons (Fsp3) is 0.333. The van der Waals surface area contributed by atoms with Gasteiger partial charge >= 0.3 is 16.4 Å². The van der Waals surface area contributed by atoms with E-state index < -0.39 is 34.4 Å². The highest BCUT2D eigenvalue weighted by atomic mass is 32.2. The molecule has 1 aromatic rings. The van der Waals surface area contributed by atoms with Crippen LogP contribution in [0.15, 0.2) is 30.3 Å². The van der Waals surface area contributed by atoms with Crippen LogP contribution in [0.3, 0.4) is 0 Å². The van der Waals surface area contributed by atoms with E-state index in [2.05, 4.69) is 5.32 Å². The Hall–Kier alpha value is -2.13. The number of ether oxygens (including phenoxy) is 1. The van der Waals surface area contributed by atoms with E-state index in [-0.39, 0.29) is 6.61 Å². The number of nitrogens with one attached hydrogen (secondary N) is 1. The molecule has 1 aliphatic rings. The molecule has 1 fully saturated rings. The number of hydrogen-bond acceptors (Lipinski definition) is 5. The first-order valence-corrected chi connectivity index (χ1v) is 7.48. The lowest BCUT2D eigenvalue weighted by molar-refractivity contribution is -0.141. The minimum atomic E-state index is -4.60. The Morgan fingerprint density at radius 3 is 2.52 bits per heavy atom. The van der Waals surface area contributed by atoms with Gasteiger partial charge in [-0.3, -0.25) is 9.35 Å². The molecule has 0 unspecified atom stereocenters. The zero-order valence-corrected chi connectivity index (χ0v) is 11.9. The third-order valence-electron chi connectivity index (χ3n) is 3.07. The second-order valence-corrected chi connectivity index (χ2v) is 5.83. The van der Waals surface area contributed by atoms with Gasteiger partial charge in [-0.25, -0.2) is 9.10 Å². The highest BCUT2D eigenvalue weighted by Crippen LogP contribution is 2.22. The molecular formula is C12H14N2O6S. The number of β-lactam (4-membered cyclic amide) rings is 1. The maximum Gasteiger partial charge on any atom is 0.408 e. The lowest BCUT2D eigenvalue weighted by Crippen LogP contribution is -2.70. The molecule has 0 bridgehead atoms. The Kier molecular flexibility index (Phi) is 4.14. The number of carbonyl (C=O) groups excluding carboxylic acids is 2. The lowest BCUT2D eigenvalue weighted by atomic mass is 10.0. The quantitative estimate of drug-likeness (QED) is 0.611. The Morgan fingerprint density at radius 2 is 2.00 bits per heavy atom. The molecule has 0 aliphatic carbocycles. The number of carbonyl (C=O) groups is 2. The van der Waals surface area contributed by atoms with Crippen LogP contribution in [0.2, 0.25) is 0 Å². The Morgan fingerprint density at radius 1 is 1.38 bits per heavy atom. The van der Waals surface area contributed by atoms with Crippen LogP contribution in [-0.2, 0) is 26.4 Å². The zero-order chi connectivity index (χ0) is 15.6. The molecule has 0 radical (unpaired) electrons. The molecule has 2 N–H and O–H groups in total. The number of rotatable bonds is 4. The van der Waals surface area contributed by atoms with Gasteiger partial charge in [0.2, 0.25) is 0 Å². The molecule has 1 heterocycles. The van der Waals surface area contributed by atoms with Gasteiger partial charge in [-0.2, -0.15) is 8.42 Å². The second-order valence-electron chi connectivity index (χ2n) is 4.54. The number of nitrogens with zero attached hydrogens (tertiary/aromatic N) is 1. The number of hydrogen-bond donors (Lipinski definition) is 2. The van der Waals surface area contributed by atoms with E-state index in [0.717, 1.165) is 5.56 Å². The number of amides is 2. The molecule has 9 heteroatoms. The monoisotopic (exact) mass is 314 g/mol. The van der Waals surface area contributed by atoms with Crippen LogP contribution < -0.4 is 5.32 Å². The topological polar surface area (TPSA) is 113 Å². The van der Waals surface area contributed by atoms with Crippen LogP contribution in [0.4, 0.5) is 4.79 Å². The molecule has 1 aromatic carbocycles. The molecule has 1 saturated heterocycles. The van der Waals surface area contributed by atoms with Crippen molar-refractivity contribution >= 4 is 22.3 Å². The van der Waals surface area contributed by atoms with Crippen molar-refractivity contribution in [1.82, 2.24) is 9.62 Å². The van der Waals surface area contributed by atoms with Crippen molar-refractivity contribution in [3.05, 3.63) is 35.9 Å². The Bertz CT molecular complexity index is 645. The van der Waals surface area contributed by atoms with E-state index in [9.17, 15) is 18.0 Å². The molecule has 0 spiro atoms. The maximum atomic E-state index is 11.6. The smallest absolute Gasteiger partial charge is 0.408 e. The molecular weight excluding hydrogens is 300 g/mol. The molecule has 21 heavy (non-hydrogen) atoms. The van der Waals surface area contributed by atoms with Gasteiger partial charge in [-0.15, -0.1) is 0 Å². The first-order valence-electron chi connectivity index (χ1n) is 6.08. The summed E-state index contributed by atoms with van der Waals surface area (Å²) in [5.41, 5.74) is 0.778. The van der Waals surface area contributed by atoms with Gasteiger partial charge in [0.25, 0.3) is 5.91 Å². The minimum Gasteiger partial charge on any atom is -0.445 e. The van der Waals surface area contributed by atoms with E-state index in [0.29, 0.717) is 4.31 Å². The SMILES string of the molecule is C[C@@H]1[C@H](NC(=O)OCc2ccccc2)C(=O)N1S(=O)(=O)O. The van der Waals surface area contributed by atoms with Crippen LogP contribution in [0.5, 0.6) is 0 Å². The first kappa shape index (κ1) is 15.3. The van der Waals surface area contributed by atoms with E-state index in [1.54, 1.807) is 24.3 Å². The van der Waals surface area contributed by atoms with Crippen molar-refractivity contribution in [2.75, 3.05) is 0 Å². The summed E-state index contributed by atoms with van der Waals surface area (Å²) in [7, 11) is -4.60. The fourth-order valence-electron chi connectivity index (χ4n) is 2.00. The third kappa shape index (κ3) is 3.31. The number of benzene rings is 1. The van der Waals surface area contributed by atoms with Crippen molar-refractivity contribution in [1.29, 1.82) is 0 Å². The average Bonchev–Trinajstić information content (AvgIpc) is 2.42. The van der Waals surface area contributed by atoms with Crippen LogP contribution in [0.25, 0.3) is 0 Å². The van der Waals surface area contributed by atoms with Crippen LogP contribution in [0.1, 0.15) is 12.5 Å². The molecule has 8 nitrogen and oxygen atoms in total. The molecule has 1 aliphatic heterocycles. The normalized spacial score (nSPS) is 21.6. The Labute approximate surface area is 121 Å². The predicted octanol–water partition coefficient (Wildman–Crippen LogP) is 0.315.